The van der Waals surface area contributed by atoms with Gasteiger partial charge in [-0.2, -0.15) is 0 Å². The Balaban J connectivity index is 1.79. The smallest absolute Gasteiger partial charge is 0.253 e. The molecule has 1 saturated heterocycles. The van der Waals surface area contributed by atoms with Gasteiger partial charge in [0.25, 0.3) is 5.91 Å². The predicted octanol–water partition coefficient (Wildman–Crippen LogP) is 1.39. The predicted molar refractivity (Wildman–Crippen MR) is 86.9 cm³/mol. The van der Waals surface area contributed by atoms with Gasteiger partial charge in [0.2, 0.25) is 5.91 Å². The highest BCUT2D eigenvalue weighted by Gasteiger charge is 2.25. The highest BCUT2D eigenvalue weighted by Crippen LogP contribution is 2.14. The number of pyridine rings is 1. The fourth-order valence-corrected chi connectivity index (χ4v) is 2.51. The van der Waals surface area contributed by atoms with Gasteiger partial charge in [-0.1, -0.05) is 6.08 Å². The lowest BCUT2D eigenvalue weighted by molar-refractivity contribution is -0.132. The third kappa shape index (κ3) is 4.89. The Hall–Kier alpha value is -2.21. The van der Waals surface area contributed by atoms with Crippen LogP contribution in [0.4, 0.5) is 0 Å². The van der Waals surface area contributed by atoms with Crippen LogP contribution in [-0.4, -0.2) is 53.5 Å². The molecule has 0 saturated carbocycles. The maximum Gasteiger partial charge on any atom is 0.253 e. The number of rotatable bonds is 6. The maximum absolute atomic E-state index is 12.3. The first-order valence-corrected chi connectivity index (χ1v) is 7.84. The van der Waals surface area contributed by atoms with Crippen molar-refractivity contribution < 1.29 is 14.3 Å². The van der Waals surface area contributed by atoms with Crippen LogP contribution in [0.25, 0.3) is 0 Å². The van der Waals surface area contributed by atoms with E-state index in [1.807, 2.05) is 4.90 Å². The SMILES string of the molecule is C=CCOC(C)C(=O)NC1CCN(C(=O)c2ccncc2)CC1. The molecule has 0 aromatic carbocycles. The molecule has 6 nitrogen and oxygen atoms in total. The van der Waals surface area contributed by atoms with E-state index in [2.05, 4.69) is 16.9 Å². The van der Waals surface area contributed by atoms with Gasteiger partial charge in [0.1, 0.15) is 6.10 Å². The van der Waals surface area contributed by atoms with Crippen LogP contribution in [0.15, 0.2) is 37.2 Å². The zero-order valence-electron chi connectivity index (χ0n) is 13.4. The summed E-state index contributed by atoms with van der Waals surface area (Å²) in [5.41, 5.74) is 0.647. The summed E-state index contributed by atoms with van der Waals surface area (Å²) in [6, 6.07) is 3.52. The van der Waals surface area contributed by atoms with Crippen molar-refractivity contribution in [3.05, 3.63) is 42.7 Å². The Kier molecular flexibility index (Phi) is 6.29. The zero-order chi connectivity index (χ0) is 16.7. The monoisotopic (exact) mass is 317 g/mol. The normalized spacial score (nSPS) is 16.7. The molecule has 1 aliphatic heterocycles. The molecular weight excluding hydrogens is 294 g/mol. The second-order valence-electron chi connectivity index (χ2n) is 5.58. The van der Waals surface area contributed by atoms with E-state index < -0.39 is 6.10 Å². The molecule has 23 heavy (non-hydrogen) atoms. The van der Waals surface area contributed by atoms with Gasteiger partial charge >= 0.3 is 0 Å². The number of piperidine rings is 1. The molecule has 0 spiro atoms. The Bertz CT molecular complexity index is 539. The molecular formula is C17H23N3O3. The van der Waals surface area contributed by atoms with Crippen molar-refractivity contribution in [3.8, 4) is 0 Å². The minimum absolute atomic E-state index is 0.0138. The van der Waals surface area contributed by atoms with Crippen molar-refractivity contribution >= 4 is 11.8 Å². The van der Waals surface area contributed by atoms with Gasteiger partial charge in [0, 0.05) is 37.1 Å². The summed E-state index contributed by atoms with van der Waals surface area (Å²) in [7, 11) is 0. The summed E-state index contributed by atoms with van der Waals surface area (Å²) in [4.78, 5) is 30.1. The average molecular weight is 317 g/mol. The molecule has 1 fully saturated rings. The standard InChI is InChI=1S/C17H23N3O3/c1-3-12-23-13(2)16(21)19-15-6-10-20(11-7-15)17(22)14-4-8-18-9-5-14/h3-5,8-9,13,15H,1,6-7,10-12H2,2H3,(H,19,21). The van der Waals surface area contributed by atoms with E-state index in [1.165, 1.54) is 0 Å². The number of ether oxygens (including phenoxy) is 1. The summed E-state index contributed by atoms with van der Waals surface area (Å²) in [5.74, 6) is -0.106. The molecule has 1 atom stereocenters. The molecule has 2 heterocycles. The number of aromatic nitrogens is 1. The van der Waals surface area contributed by atoms with Gasteiger partial charge in [0.05, 0.1) is 6.61 Å². The van der Waals surface area contributed by atoms with Crippen LogP contribution in [0, 0.1) is 0 Å². The molecule has 1 aromatic heterocycles. The van der Waals surface area contributed by atoms with E-state index in [4.69, 9.17) is 4.74 Å². The van der Waals surface area contributed by atoms with Gasteiger partial charge in [-0.25, -0.2) is 0 Å². The van der Waals surface area contributed by atoms with E-state index in [0.29, 0.717) is 25.3 Å². The number of nitrogens with one attached hydrogen (secondary N) is 1. The topological polar surface area (TPSA) is 71.5 Å². The second-order valence-corrected chi connectivity index (χ2v) is 5.58. The van der Waals surface area contributed by atoms with Gasteiger partial charge in [-0.15, -0.1) is 6.58 Å². The van der Waals surface area contributed by atoms with E-state index in [1.54, 1.807) is 37.5 Å². The number of carbonyl (C=O) groups excluding carboxylic acids is 2. The maximum atomic E-state index is 12.3. The van der Waals surface area contributed by atoms with Gasteiger partial charge in [0.15, 0.2) is 0 Å². The summed E-state index contributed by atoms with van der Waals surface area (Å²) in [6.07, 6.45) is 5.85. The molecule has 0 bridgehead atoms. The fourth-order valence-electron chi connectivity index (χ4n) is 2.51. The molecule has 6 heteroatoms. The molecule has 2 amide bonds. The molecule has 1 unspecified atom stereocenters. The van der Waals surface area contributed by atoms with Gasteiger partial charge < -0.3 is 15.0 Å². The summed E-state index contributed by atoms with van der Waals surface area (Å²) < 4.78 is 5.31. The van der Waals surface area contributed by atoms with Crippen LogP contribution in [0.3, 0.4) is 0 Å². The van der Waals surface area contributed by atoms with Crippen LogP contribution < -0.4 is 5.32 Å². The first-order chi connectivity index (χ1) is 11.1. The number of hydrogen-bond donors (Lipinski definition) is 1. The highest BCUT2D eigenvalue weighted by molar-refractivity contribution is 5.94. The number of carbonyl (C=O) groups is 2. The summed E-state index contributed by atoms with van der Waals surface area (Å²) in [6.45, 7) is 6.90. The minimum Gasteiger partial charge on any atom is -0.365 e. The Morgan fingerprint density at radius 1 is 1.43 bits per heavy atom. The van der Waals surface area contributed by atoms with Crippen molar-refractivity contribution in [2.45, 2.75) is 31.9 Å². The average Bonchev–Trinajstić information content (AvgIpc) is 2.60. The summed E-state index contributed by atoms with van der Waals surface area (Å²) >= 11 is 0. The zero-order valence-corrected chi connectivity index (χ0v) is 13.4. The molecule has 1 N–H and O–H groups in total. The van der Waals surface area contributed by atoms with Crippen LogP contribution in [0.1, 0.15) is 30.1 Å². The number of nitrogens with zero attached hydrogens (tertiary/aromatic N) is 2. The first-order valence-electron chi connectivity index (χ1n) is 7.84. The van der Waals surface area contributed by atoms with Crippen molar-refractivity contribution in [3.63, 3.8) is 0 Å². The van der Waals surface area contributed by atoms with E-state index in [-0.39, 0.29) is 17.9 Å². The quantitative estimate of drug-likeness (QED) is 0.805. The Labute approximate surface area is 136 Å². The molecule has 2 rings (SSSR count). The van der Waals surface area contributed by atoms with Crippen molar-refractivity contribution in [1.29, 1.82) is 0 Å². The molecule has 1 aromatic rings. The Morgan fingerprint density at radius 3 is 2.70 bits per heavy atom. The van der Waals surface area contributed by atoms with Crippen LogP contribution >= 0.6 is 0 Å². The van der Waals surface area contributed by atoms with Crippen LogP contribution in [-0.2, 0) is 9.53 Å². The van der Waals surface area contributed by atoms with Crippen molar-refractivity contribution in [2.75, 3.05) is 19.7 Å². The summed E-state index contributed by atoms with van der Waals surface area (Å²) in [5, 5.41) is 2.98. The largest absolute Gasteiger partial charge is 0.365 e. The third-order valence-corrected chi connectivity index (χ3v) is 3.89. The van der Waals surface area contributed by atoms with Crippen LogP contribution in [0.2, 0.25) is 0 Å². The molecule has 0 aliphatic carbocycles. The Morgan fingerprint density at radius 2 is 2.09 bits per heavy atom. The second kappa shape index (κ2) is 8.43. The van der Waals surface area contributed by atoms with E-state index in [0.717, 1.165) is 12.8 Å². The number of hydrogen-bond acceptors (Lipinski definition) is 4. The van der Waals surface area contributed by atoms with Gasteiger partial charge in [-0.05, 0) is 31.9 Å². The van der Waals surface area contributed by atoms with Crippen molar-refractivity contribution in [1.82, 2.24) is 15.2 Å². The third-order valence-electron chi connectivity index (χ3n) is 3.89. The lowest BCUT2D eigenvalue weighted by atomic mass is 10.0. The minimum atomic E-state index is -0.496. The van der Waals surface area contributed by atoms with Gasteiger partial charge in [-0.3, -0.25) is 14.6 Å². The number of amides is 2. The lowest BCUT2D eigenvalue weighted by Gasteiger charge is -2.33. The number of likely N-dealkylation sites (tertiary alicyclic amines) is 1. The lowest BCUT2D eigenvalue weighted by Crippen LogP contribution is -2.48. The van der Waals surface area contributed by atoms with E-state index >= 15 is 0 Å². The fraction of sp³-hybridized carbons (Fsp3) is 0.471. The highest BCUT2D eigenvalue weighted by atomic mass is 16.5. The molecule has 124 valence electrons. The van der Waals surface area contributed by atoms with E-state index in [9.17, 15) is 9.59 Å². The first kappa shape index (κ1) is 17.1. The van der Waals surface area contributed by atoms with Crippen LogP contribution in [0.5, 0.6) is 0 Å². The molecule has 0 radical (unpaired) electrons. The molecule has 1 aliphatic rings. The van der Waals surface area contributed by atoms with Crippen molar-refractivity contribution in [2.24, 2.45) is 0 Å².